The molecule has 0 unspecified atom stereocenters. The highest BCUT2D eigenvalue weighted by Gasteiger charge is 2.19. The highest BCUT2D eigenvalue weighted by atomic mass is 16.5. The van der Waals surface area contributed by atoms with Gasteiger partial charge in [0.15, 0.2) is 0 Å². The van der Waals surface area contributed by atoms with Gasteiger partial charge in [-0.2, -0.15) is 0 Å². The van der Waals surface area contributed by atoms with E-state index in [1.54, 1.807) is 18.2 Å². The number of aryl methyl sites for hydroxylation is 1. The first-order valence-electron chi connectivity index (χ1n) is 7.83. The Hall–Kier alpha value is -3.15. The van der Waals surface area contributed by atoms with Crippen LogP contribution in [0.1, 0.15) is 32.7 Å². The zero-order chi connectivity index (χ0) is 18.2. The van der Waals surface area contributed by atoms with Gasteiger partial charge in [-0.15, -0.1) is 0 Å². The molecule has 6 nitrogen and oxygen atoms in total. The van der Waals surface area contributed by atoms with Crippen molar-refractivity contribution in [2.75, 3.05) is 7.11 Å². The normalized spacial score (nSPS) is 11.4. The number of nitrogens with two attached hydrogens (primary N) is 1. The maximum absolute atomic E-state index is 12.4. The molecule has 2 aromatic rings. The van der Waals surface area contributed by atoms with E-state index in [-0.39, 0.29) is 11.1 Å². The van der Waals surface area contributed by atoms with Crippen molar-refractivity contribution in [1.82, 2.24) is 5.32 Å². The van der Waals surface area contributed by atoms with Gasteiger partial charge >= 0.3 is 5.97 Å². The first-order valence-corrected chi connectivity index (χ1v) is 7.83. The van der Waals surface area contributed by atoms with E-state index in [2.05, 4.69) is 10.1 Å². The van der Waals surface area contributed by atoms with E-state index in [0.29, 0.717) is 12.8 Å². The number of carbonyl (C=O) groups excluding carboxylic acids is 3. The van der Waals surface area contributed by atoms with Crippen molar-refractivity contribution >= 4 is 17.8 Å². The number of methoxy groups -OCH3 is 1. The van der Waals surface area contributed by atoms with Gasteiger partial charge in [0.05, 0.1) is 12.7 Å². The van der Waals surface area contributed by atoms with Crippen LogP contribution >= 0.6 is 0 Å². The smallest absolute Gasteiger partial charge is 0.337 e. The Bertz CT molecular complexity index is 759. The fourth-order valence-corrected chi connectivity index (χ4v) is 2.39. The lowest BCUT2D eigenvalue weighted by atomic mass is 10.0. The highest BCUT2D eigenvalue weighted by Crippen LogP contribution is 2.09. The average molecular weight is 340 g/mol. The van der Waals surface area contributed by atoms with Crippen LogP contribution in [0.25, 0.3) is 0 Å². The Morgan fingerprint density at radius 1 is 1.04 bits per heavy atom. The summed E-state index contributed by atoms with van der Waals surface area (Å²) >= 11 is 0. The number of nitrogens with one attached hydrogen (secondary N) is 1. The summed E-state index contributed by atoms with van der Waals surface area (Å²) in [5, 5.41) is 2.62. The number of benzene rings is 2. The van der Waals surface area contributed by atoms with E-state index in [0.717, 1.165) is 5.56 Å². The van der Waals surface area contributed by atoms with Crippen LogP contribution in [-0.2, 0) is 16.0 Å². The van der Waals surface area contributed by atoms with Crippen molar-refractivity contribution in [2.24, 2.45) is 5.73 Å². The number of carbonyl (C=O) groups is 3. The third-order valence-corrected chi connectivity index (χ3v) is 3.76. The zero-order valence-electron chi connectivity index (χ0n) is 13.9. The van der Waals surface area contributed by atoms with Crippen LogP contribution in [0.2, 0.25) is 0 Å². The highest BCUT2D eigenvalue weighted by molar-refractivity contribution is 5.99. The summed E-state index contributed by atoms with van der Waals surface area (Å²) in [5.41, 5.74) is 6.97. The Balaban J connectivity index is 2.05. The summed E-state index contributed by atoms with van der Waals surface area (Å²) in [4.78, 5) is 35.6. The minimum Gasteiger partial charge on any atom is -0.465 e. The molecule has 0 fully saturated rings. The van der Waals surface area contributed by atoms with Crippen LogP contribution in [0.5, 0.6) is 0 Å². The van der Waals surface area contributed by atoms with Crippen LogP contribution in [0.4, 0.5) is 0 Å². The predicted octanol–water partition coefficient (Wildman–Crippen LogP) is 1.69. The molecule has 0 aromatic heterocycles. The molecule has 0 saturated heterocycles. The van der Waals surface area contributed by atoms with Crippen molar-refractivity contribution in [3.63, 3.8) is 0 Å². The molecule has 2 amide bonds. The lowest BCUT2D eigenvalue weighted by Gasteiger charge is -2.16. The quantitative estimate of drug-likeness (QED) is 0.749. The van der Waals surface area contributed by atoms with Crippen LogP contribution < -0.4 is 11.1 Å². The summed E-state index contributed by atoms with van der Waals surface area (Å²) in [6.07, 6.45) is 0.999. The first kappa shape index (κ1) is 18.2. The summed E-state index contributed by atoms with van der Waals surface area (Å²) in [6, 6.07) is 14.9. The van der Waals surface area contributed by atoms with Gasteiger partial charge in [-0.1, -0.05) is 36.4 Å². The standard InChI is InChI=1S/C19H20N2O4/c1-25-19(24)15-9-5-8-14(12-15)18(23)21-16(17(20)22)11-10-13-6-3-2-4-7-13/h2-9,12,16H,10-11H2,1H3,(H2,20,22)(H,21,23)/t16-/m0/s1. The van der Waals surface area contributed by atoms with E-state index >= 15 is 0 Å². The summed E-state index contributed by atoms with van der Waals surface area (Å²) < 4.78 is 4.63. The number of primary amides is 1. The van der Waals surface area contributed by atoms with Crippen molar-refractivity contribution in [1.29, 1.82) is 0 Å². The largest absolute Gasteiger partial charge is 0.465 e. The Kier molecular flexibility index (Phi) is 6.28. The first-order chi connectivity index (χ1) is 12.0. The van der Waals surface area contributed by atoms with Gasteiger partial charge < -0.3 is 15.8 Å². The van der Waals surface area contributed by atoms with Crippen LogP contribution in [0.15, 0.2) is 54.6 Å². The number of hydrogen-bond acceptors (Lipinski definition) is 4. The molecule has 3 N–H and O–H groups in total. The fourth-order valence-electron chi connectivity index (χ4n) is 2.39. The molecule has 0 radical (unpaired) electrons. The van der Waals surface area contributed by atoms with E-state index in [9.17, 15) is 14.4 Å². The van der Waals surface area contributed by atoms with Crippen molar-refractivity contribution in [3.8, 4) is 0 Å². The molecular weight excluding hydrogens is 320 g/mol. The molecule has 25 heavy (non-hydrogen) atoms. The molecule has 0 bridgehead atoms. The molecule has 0 spiro atoms. The molecule has 2 rings (SSSR count). The van der Waals surface area contributed by atoms with E-state index in [4.69, 9.17) is 5.73 Å². The van der Waals surface area contributed by atoms with Crippen LogP contribution in [0.3, 0.4) is 0 Å². The average Bonchev–Trinajstić information content (AvgIpc) is 2.64. The number of hydrogen-bond donors (Lipinski definition) is 2. The van der Waals surface area contributed by atoms with E-state index in [1.165, 1.54) is 13.2 Å². The summed E-state index contributed by atoms with van der Waals surface area (Å²) in [7, 11) is 1.27. The molecule has 2 aromatic carbocycles. The minimum atomic E-state index is -0.797. The lowest BCUT2D eigenvalue weighted by Crippen LogP contribution is -2.44. The molecule has 0 aliphatic rings. The Labute approximate surface area is 146 Å². The minimum absolute atomic E-state index is 0.258. The predicted molar refractivity (Wildman–Crippen MR) is 93.0 cm³/mol. The van der Waals surface area contributed by atoms with Gasteiger partial charge in [-0.05, 0) is 36.6 Å². The molecule has 130 valence electrons. The molecule has 0 aliphatic heterocycles. The molecule has 6 heteroatoms. The van der Waals surface area contributed by atoms with Gasteiger partial charge in [0.2, 0.25) is 5.91 Å². The number of rotatable bonds is 7. The van der Waals surface area contributed by atoms with Crippen LogP contribution in [0, 0.1) is 0 Å². The number of amides is 2. The van der Waals surface area contributed by atoms with Crippen molar-refractivity contribution in [2.45, 2.75) is 18.9 Å². The SMILES string of the molecule is COC(=O)c1cccc(C(=O)N[C@@H](CCc2ccccc2)C(N)=O)c1. The molecule has 1 atom stereocenters. The molecule has 0 heterocycles. The second-order valence-corrected chi connectivity index (χ2v) is 5.53. The van der Waals surface area contributed by atoms with E-state index in [1.807, 2.05) is 30.3 Å². The Morgan fingerprint density at radius 3 is 2.36 bits per heavy atom. The molecule has 0 saturated carbocycles. The topological polar surface area (TPSA) is 98.5 Å². The van der Waals surface area contributed by atoms with Gasteiger partial charge in [0.1, 0.15) is 6.04 Å². The van der Waals surface area contributed by atoms with Crippen LogP contribution in [-0.4, -0.2) is 30.9 Å². The van der Waals surface area contributed by atoms with E-state index < -0.39 is 23.8 Å². The maximum atomic E-state index is 12.4. The van der Waals surface area contributed by atoms with Gasteiger partial charge in [-0.3, -0.25) is 9.59 Å². The van der Waals surface area contributed by atoms with Gasteiger partial charge in [0.25, 0.3) is 5.91 Å². The monoisotopic (exact) mass is 340 g/mol. The second kappa shape index (κ2) is 8.63. The number of esters is 1. The summed E-state index contributed by atoms with van der Waals surface area (Å²) in [6.45, 7) is 0. The maximum Gasteiger partial charge on any atom is 0.337 e. The molecule has 0 aliphatic carbocycles. The number of ether oxygens (including phenoxy) is 1. The second-order valence-electron chi connectivity index (χ2n) is 5.53. The Morgan fingerprint density at radius 2 is 1.72 bits per heavy atom. The fraction of sp³-hybridized carbons (Fsp3) is 0.211. The van der Waals surface area contributed by atoms with Gasteiger partial charge in [0, 0.05) is 5.56 Å². The zero-order valence-corrected chi connectivity index (χ0v) is 13.9. The van der Waals surface area contributed by atoms with Crippen molar-refractivity contribution in [3.05, 3.63) is 71.3 Å². The lowest BCUT2D eigenvalue weighted by molar-refractivity contribution is -0.120. The van der Waals surface area contributed by atoms with Gasteiger partial charge in [-0.25, -0.2) is 4.79 Å². The summed E-state index contributed by atoms with van der Waals surface area (Å²) in [5.74, 6) is -1.61. The van der Waals surface area contributed by atoms with Crippen molar-refractivity contribution < 1.29 is 19.1 Å². The molecular formula is C19H20N2O4. The third kappa shape index (κ3) is 5.17. The third-order valence-electron chi connectivity index (χ3n) is 3.76.